The maximum Gasteiger partial charge on any atom is 0.0872 e. The predicted molar refractivity (Wildman–Crippen MR) is 50.5 cm³/mol. The van der Waals surface area contributed by atoms with Crippen LogP contribution in [0.3, 0.4) is 0 Å². The second kappa shape index (κ2) is 3.23. The van der Waals surface area contributed by atoms with Gasteiger partial charge >= 0.3 is 0 Å². The number of hydrogen-bond acceptors (Lipinski definition) is 3. The molecule has 1 aliphatic carbocycles. The minimum atomic E-state index is -0.448. The first kappa shape index (κ1) is 9.44. The highest BCUT2D eigenvalue weighted by Gasteiger charge is 2.40. The average molecular weight is 185 g/mol. The van der Waals surface area contributed by atoms with Crippen LogP contribution in [0.4, 0.5) is 0 Å². The summed E-state index contributed by atoms with van der Waals surface area (Å²) in [6, 6.07) is 0.614. The first-order chi connectivity index (χ1) is 6.07. The van der Waals surface area contributed by atoms with Crippen molar-refractivity contribution in [3.8, 4) is 0 Å². The first-order valence-electron chi connectivity index (χ1n) is 5.21. The van der Waals surface area contributed by atoms with Crippen molar-refractivity contribution in [1.29, 1.82) is 0 Å². The molecule has 0 atom stereocenters. The molecule has 13 heavy (non-hydrogen) atoms. The van der Waals surface area contributed by atoms with Crippen LogP contribution in [0.1, 0.15) is 32.6 Å². The zero-order valence-corrected chi connectivity index (χ0v) is 8.24. The molecule has 3 nitrogen and oxygen atoms in total. The van der Waals surface area contributed by atoms with E-state index in [1.807, 2.05) is 6.92 Å². The van der Waals surface area contributed by atoms with Crippen molar-refractivity contribution in [3.05, 3.63) is 0 Å². The van der Waals surface area contributed by atoms with Crippen LogP contribution in [-0.4, -0.2) is 45.9 Å². The van der Waals surface area contributed by atoms with Crippen LogP contribution in [0.25, 0.3) is 0 Å². The topological polar surface area (TPSA) is 43.7 Å². The number of nitrogens with zero attached hydrogens (tertiary/aromatic N) is 1. The molecule has 2 fully saturated rings. The Morgan fingerprint density at radius 2 is 1.69 bits per heavy atom. The standard InChI is InChI=1S/C10H19NO2/c1-10(13)6-11(7-10)8-2-4-9(12)5-3-8/h8-9,12-13H,2-7H2,1H3. The summed E-state index contributed by atoms with van der Waals surface area (Å²) in [4.78, 5) is 2.34. The van der Waals surface area contributed by atoms with Crippen molar-refractivity contribution in [1.82, 2.24) is 4.90 Å². The van der Waals surface area contributed by atoms with Gasteiger partial charge in [-0.2, -0.15) is 0 Å². The van der Waals surface area contributed by atoms with Crippen molar-refractivity contribution in [2.24, 2.45) is 0 Å². The molecule has 0 aromatic rings. The van der Waals surface area contributed by atoms with Gasteiger partial charge in [-0.3, -0.25) is 4.90 Å². The second-order valence-corrected chi connectivity index (χ2v) is 4.86. The molecular formula is C10H19NO2. The van der Waals surface area contributed by atoms with Gasteiger partial charge in [-0.05, 0) is 32.6 Å². The van der Waals surface area contributed by atoms with Crippen molar-refractivity contribution >= 4 is 0 Å². The number of likely N-dealkylation sites (tertiary alicyclic amines) is 1. The molecule has 1 heterocycles. The molecule has 2 rings (SSSR count). The van der Waals surface area contributed by atoms with E-state index in [-0.39, 0.29) is 6.10 Å². The third-order valence-corrected chi connectivity index (χ3v) is 3.27. The summed E-state index contributed by atoms with van der Waals surface area (Å²) in [5.74, 6) is 0. The van der Waals surface area contributed by atoms with Gasteiger partial charge in [0, 0.05) is 19.1 Å². The molecule has 1 saturated carbocycles. The van der Waals surface area contributed by atoms with Crippen molar-refractivity contribution < 1.29 is 10.2 Å². The summed E-state index contributed by atoms with van der Waals surface area (Å²) >= 11 is 0. The summed E-state index contributed by atoms with van der Waals surface area (Å²) in [5, 5.41) is 18.9. The Kier molecular flexibility index (Phi) is 2.34. The van der Waals surface area contributed by atoms with E-state index in [0.29, 0.717) is 6.04 Å². The van der Waals surface area contributed by atoms with Gasteiger partial charge in [-0.1, -0.05) is 0 Å². The molecule has 0 aromatic heterocycles. The summed E-state index contributed by atoms with van der Waals surface area (Å²) < 4.78 is 0. The maximum absolute atomic E-state index is 9.58. The molecule has 0 spiro atoms. The fraction of sp³-hybridized carbons (Fsp3) is 1.00. The Morgan fingerprint density at radius 1 is 1.15 bits per heavy atom. The number of aliphatic hydroxyl groups is 2. The largest absolute Gasteiger partial charge is 0.393 e. The molecular weight excluding hydrogens is 166 g/mol. The molecule has 2 N–H and O–H groups in total. The van der Waals surface area contributed by atoms with Gasteiger partial charge in [0.05, 0.1) is 11.7 Å². The van der Waals surface area contributed by atoms with E-state index in [0.717, 1.165) is 38.8 Å². The Labute approximate surface area is 79.4 Å². The minimum Gasteiger partial charge on any atom is -0.393 e. The number of β-amino-alcohol motifs (C(OH)–C–C–N with tert-alkyl or cyclic N) is 1. The van der Waals surface area contributed by atoms with E-state index >= 15 is 0 Å². The van der Waals surface area contributed by atoms with Crippen LogP contribution < -0.4 is 0 Å². The van der Waals surface area contributed by atoms with Crippen LogP contribution in [0.5, 0.6) is 0 Å². The molecule has 0 bridgehead atoms. The zero-order chi connectivity index (χ0) is 9.47. The van der Waals surface area contributed by atoms with Crippen molar-refractivity contribution in [2.75, 3.05) is 13.1 Å². The van der Waals surface area contributed by atoms with Gasteiger partial charge in [-0.15, -0.1) is 0 Å². The fourth-order valence-electron chi connectivity index (χ4n) is 2.51. The quantitative estimate of drug-likeness (QED) is 0.620. The second-order valence-electron chi connectivity index (χ2n) is 4.86. The van der Waals surface area contributed by atoms with Crippen LogP contribution in [0.2, 0.25) is 0 Å². The summed E-state index contributed by atoms with van der Waals surface area (Å²) in [7, 11) is 0. The third-order valence-electron chi connectivity index (χ3n) is 3.27. The van der Waals surface area contributed by atoms with Crippen LogP contribution in [0.15, 0.2) is 0 Å². The average Bonchev–Trinajstić information content (AvgIpc) is 2.01. The van der Waals surface area contributed by atoms with E-state index in [1.165, 1.54) is 0 Å². The van der Waals surface area contributed by atoms with E-state index < -0.39 is 5.60 Å². The molecule has 1 aliphatic heterocycles. The minimum absolute atomic E-state index is 0.0713. The number of rotatable bonds is 1. The van der Waals surface area contributed by atoms with Crippen LogP contribution >= 0.6 is 0 Å². The highest BCUT2D eigenvalue weighted by atomic mass is 16.3. The predicted octanol–water partition coefficient (Wildman–Crippen LogP) is 0.357. The monoisotopic (exact) mass is 185 g/mol. The SMILES string of the molecule is CC1(O)CN(C2CCC(O)CC2)C1. The summed E-state index contributed by atoms with van der Waals surface area (Å²) in [5.41, 5.74) is -0.448. The van der Waals surface area contributed by atoms with E-state index in [9.17, 15) is 10.2 Å². The molecule has 3 heteroatoms. The first-order valence-corrected chi connectivity index (χ1v) is 5.21. The normalized spacial score (nSPS) is 39.9. The van der Waals surface area contributed by atoms with Crippen LogP contribution in [0, 0.1) is 0 Å². The zero-order valence-electron chi connectivity index (χ0n) is 8.24. The van der Waals surface area contributed by atoms with Crippen molar-refractivity contribution in [2.45, 2.75) is 50.4 Å². The van der Waals surface area contributed by atoms with Gasteiger partial charge in [-0.25, -0.2) is 0 Å². The Bertz CT molecular complexity index is 177. The molecule has 76 valence electrons. The highest BCUT2D eigenvalue weighted by molar-refractivity contribution is 4.96. The molecule has 2 aliphatic rings. The number of hydrogen-bond donors (Lipinski definition) is 2. The lowest BCUT2D eigenvalue weighted by molar-refractivity contribution is -0.111. The van der Waals surface area contributed by atoms with Gasteiger partial charge in [0.15, 0.2) is 0 Å². The van der Waals surface area contributed by atoms with E-state index in [4.69, 9.17) is 0 Å². The lowest BCUT2D eigenvalue weighted by atomic mass is 9.86. The smallest absolute Gasteiger partial charge is 0.0872 e. The lowest BCUT2D eigenvalue weighted by Gasteiger charge is -2.49. The Hall–Kier alpha value is -0.120. The van der Waals surface area contributed by atoms with Gasteiger partial charge in [0.1, 0.15) is 0 Å². The Morgan fingerprint density at radius 3 is 2.15 bits per heavy atom. The Balaban J connectivity index is 1.78. The summed E-state index contributed by atoms with van der Waals surface area (Å²) in [6.45, 7) is 3.52. The maximum atomic E-state index is 9.58. The lowest BCUT2D eigenvalue weighted by Crippen LogP contribution is -2.63. The molecule has 1 saturated heterocycles. The number of aliphatic hydroxyl groups excluding tert-OH is 1. The van der Waals surface area contributed by atoms with Gasteiger partial charge < -0.3 is 10.2 Å². The third kappa shape index (κ3) is 2.03. The molecule has 0 unspecified atom stereocenters. The summed E-state index contributed by atoms with van der Waals surface area (Å²) in [6.07, 6.45) is 3.99. The van der Waals surface area contributed by atoms with Crippen molar-refractivity contribution in [3.63, 3.8) is 0 Å². The highest BCUT2D eigenvalue weighted by Crippen LogP contribution is 2.30. The molecule has 0 radical (unpaired) electrons. The molecule has 0 aromatic carbocycles. The van der Waals surface area contributed by atoms with Crippen LogP contribution in [-0.2, 0) is 0 Å². The van der Waals surface area contributed by atoms with E-state index in [2.05, 4.69) is 4.90 Å². The van der Waals surface area contributed by atoms with E-state index in [1.54, 1.807) is 0 Å². The molecule has 0 amide bonds. The van der Waals surface area contributed by atoms with Gasteiger partial charge in [0.25, 0.3) is 0 Å². The van der Waals surface area contributed by atoms with Gasteiger partial charge in [0.2, 0.25) is 0 Å². The fourth-order valence-corrected chi connectivity index (χ4v) is 2.51.